The van der Waals surface area contributed by atoms with Crippen molar-refractivity contribution in [1.29, 1.82) is 0 Å². The molecule has 1 atom stereocenters. The first kappa shape index (κ1) is 21.2. The minimum Gasteiger partial charge on any atom is -0.550 e. The van der Waals surface area contributed by atoms with E-state index in [-0.39, 0.29) is 12.8 Å². The molecule has 0 radical (unpaired) electrons. The van der Waals surface area contributed by atoms with Crippen LogP contribution in [0.15, 0.2) is 5.11 Å². The van der Waals surface area contributed by atoms with Gasteiger partial charge >= 0.3 is 5.97 Å². The zero-order chi connectivity index (χ0) is 17.9. The molecule has 1 aliphatic carbocycles. The number of quaternary nitrogens is 1. The Morgan fingerprint density at radius 1 is 1.35 bits per heavy atom. The first-order valence-corrected chi connectivity index (χ1v) is 7.95. The van der Waals surface area contributed by atoms with Gasteiger partial charge in [-0.3, -0.25) is 4.79 Å². The quantitative estimate of drug-likeness (QED) is 0.349. The van der Waals surface area contributed by atoms with E-state index in [1.165, 1.54) is 32.1 Å². The fourth-order valence-electron chi connectivity index (χ4n) is 2.12. The Kier molecular flexibility index (Phi) is 10.0. The molecule has 0 unspecified atom stereocenters. The number of rotatable bonds is 5. The molecule has 1 rings (SSSR count). The molecular weight excluding hydrogens is 300 g/mol. The Morgan fingerprint density at radius 3 is 2.26 bits per heavy atom. The van der Waals surface area contributed by atoms with Gasteiger partial charge in [0.05, 0.1) is 18.1 Å². The molecule has 3 N–H and O–H groups in total. The zero-order valence-corrected chi connectivity index (χ0v) is 14.3. The zero-order valence-electron chi connectivity index (χ0n) is 14.3. The van der Waals surface area contributed by atoms with Crippen molar-refractivity contribution < 1.29 is 25.2 Å². The molecule has 1 aliphatic rings. The van der Waals surface area contributed by atoms with Crippen LogP contribution in [0.3, 0.4) is 0 Å². The molecule has 0 bridgehead atoms. The number of azide groups is 1. The third-order valence-corrected chi connectivity index (χ3v) is 3.23. The Balaban J connectivity index is 0.000000568. The SMILES string of the molecule is CC(C)(C)OC(=O)CC[C@H](N=[N+]=[N-])C(=O)[O-].[NH3+]C1CCCCC1. The number of nitrogens with zero attached hydrogens (tertiary/aromatic N) is 3. The Labute approximate surface area is 137 Å². The van der Waals surface area contributed by atoms with E-state index in [4.69, 9.17) is 10.3 Å². The number of esters is 1. The maximum atomic E-state index is 11.2. The third-order valence-electron chi connectivity index (χ3n) is 3.23. The van der Waals surface area contributed by atoms with Crippen molar-refractivity contribution in [2.45, 2.75) is 83.4 Å². The molecule has 0 aromatic heterocycles. The van der Waals surface area contributed by atoms with E-state index in [0.29, 0.717) is 0 Å². The van der Waals surface area contributed by atoms with Gasteiger partial charge < -0.3 is 20.4 Å². The molecule has 1 saturated carbocycles. The van der Waals surface area contributed by atoms with E-state index in [0.717, 1.165) is 6.04 Å². The van der Waals surface area contributed by atoms with Crippen LogP contribution in [0.4, 0.5) is 0 Å². The average molecular weight is 328 g/mol. The minimum absolute atomic E-state index is 0.124. The van der Waals surface area contributed by atoms with Gasteiger partial charge in [-0.05, 0) is 58.4 Å². The second-order valence-corrected chi connectivity index (χ2v) is 6.67. The van der Waals surface area contributed by atoms with E-state index in [1.54, 1.807) is 20.8 Å². The summed E-state index contributed by atoms with van der Waals surface area (Å²) >= 11 is 0. The van der Waals surface area contributed by atoms with Gasteiger partial charge in [-0.15, -0.1) is 0 Å². The van der Waals surface area contributed by atoms with Crippen LogP contribution in [0, 0.1) is 0 Å². The van der Waals surface area contributed by atoms with Gasteiger partial charge in [0, 0.05) is 11.3 Å². The van der Waals surface area contributed by atoms with Crippen molar-refractivity contribution in [3.05, 3.63) is 10.4 Å². The summed E-state index contributed by atoms with van der Waals surface area (Å²) in [7, 11) is 0. The van der Waals surface area contributed by atoms with Crippen molar-refractivity contribution in [2.75, 3.05) is 0 Å². The molecule has 0 amide bonds. The highest BCUT2D eigenvalue weighted by molar-refractivity contribution is 5.74. The normalized spacial score (nSPS) is 16.3. The molecule has 1 fully saturated rings. The van der Waals surface area contributed by atoms with Crippen LogP contribution in [-0.2, 0) is 14.3 Å². The molecule has 0 spiro atoms. The van der Waals surface area contributed by atoms with E-state index >= 15 is 0 Å². The van der Waals surface area contributed by atoms with E-state index in [9.17, 15) is 14.7 Å². The molecule has 0 heterocycles. The van der Waals surface area contributed by atoms with E-state index < -0.39 is 23.6 Å². The van der Waals surface area contributed by atoms with Gasteiger partial charge in [0.25, 0.3) is 0 Å². The van der Waals surface area contributed by atoms with Crippen molar-refractivity contribution in [3.63, 3.8) is 0 Å². The summed E-state index contributed by atoms with van der Waals surface area (Å²) < 4.78 is 4.96. The summed E-state index contributed by atoms with van der Waals surface area (Å²) in [5.74, 6) is -2.03. The number of ether oxygens (including phenoxy) is 1. The summed E-state index contributed by atoms with van der Waals surface area (Å²) in [6.45, 7) is 5.11. The Hall–Kier alpha value is -1.79. The van der Waals surface area contributed by atoms with Crippen LogP contribution < -0.4 is 10.8 Å². The Bertz CT molecular complexity index is 420. The number of hydrogen-bond acceptors (Lipinski definition) is 5. The number of carboxylic acid groups (broad SMARTS) is 1. The smallest absolute Gasteiger partial charge is 0.306 e. The lowest BCUT2D eigenvalue weighted by atomic mass is 9.97. The maximum Gasteiger partial charge on any atom is 0.306 e. The third kappa shape index (κ3) is 12.4. The van der Waals surface area contributed by atoms with Crippen LogP contribution in [0.2, 0.25) is 0 Å². The number of hydrogen-bond donors (Lipinski definition) is 1. The molecule has 8 heteroatoms. The first-order valence-electron chi connectivity index (χ1n) is 7.95. The highest BCUT2D eigenvalue weighted by Gasteiger charge is 2.18. The summed E-state index contributed by atoms with van der Waals surface area (Å²) in [6.07, 6.45) is 6.80. The van der Waals surface area contributed by atoms with Gasteiger partial charge in [0.15, 0.2) is 0 Å². The molecular formula is C15H28N4O4. The minimum atomic E-state index is -1.50. The van der Waals surface area contributed by atoms with Crippen LogP contribution in [0.5, 0.6) is 0 Å². The number of carbonyl (C=O) groups excluding carboxylic acids is 2. The van der Waals surface area contributed by atoms with Crippen LogP contribution in [0.1, 0.15) is 65.7 Å². The molecule has 23 heavy (non-hydrogen) atoms. The van der Waals surface area contributed by atoms with Gasteiger partial charge in [-0.1, -0.05) is 11.5 Å². The standard InChI is InChI=1S/C9H15N3O4.C6H13N/c1-9(2,3)16-7(13)5-4-6(8(14)15)11-12-10;7-6-4-2-1-3-5-6/h6H,4-5H2,1-3H3,(H,14,15);6H,1-5,7H2/t6-;/m0./s1. The molecule has 0 aromatic carbocycles. The molecule has 132 valence electrons. The lowest BCUT2D eigenvalue weighted by Crippen LogP contribution is -2.61. The monoisotopic (exact) mass is 328 g/mol. The summed E-state index contributed by atoms with van der Waals surface area (Å²) in [6, 6.07) is -0.550. The van der Waals surface area contributed by atoms with Crippen LogP contribution in [0.25, 0.3) is 10.4 Å². The fraction of sp³-hybridized carbons (Fsp3) is 0.867. The van der Waals surface area contributed by atoms with Crippen molar-refractivity contribution in [1.82, 2.24) is 0 Å². The fourth-order valence-corrected chi connectivity index (χ4v) is 2.12. The van der Waals surface area contributed by atoms with E-state index in [2.05, 4.69) is 15.8 Å². The second kappa shape index (κ2) is 10.9. The predicted octanol–water partition coefficient (Wildman–Crippen LogP) is 1.10. The lowest BCUT2D eigenvalue weighted by Gasteiger charge is -2.20. The van der Waals surface area contributed by atoms with Crippen LogP contribution in [-0.4, -0.2) is 29.6 Å². The highest BCUT2D eigenvalue weighted by Crippen LogP contribution is 2.13. The summed E-state index contributed by atoms with van der Waals surface area (Å²) in [5, 5.41) is 13.5. The molecule has 0 aromatic rings. The molecule has 8 nitrogen and oxygen atoms in total. The van der Waals surface area contributed by atoms with Crippen molar-refractivity contribution >= 4 is 11.9 Å². The number of carbonyl (C=O) groups is 2. The lowest BCUT2D eigenvalue weighted by molar-refractivity contribution is -0.425. The van der Waals surface area contributed by atoms with Gasteiger partial charge in [0.1, 0.15) is 5.60 Å². The van der Waals surface area contributed by atoms with Crippen molar-refractivity contribution in [2.24, 2.45) is 5.11 Å². The Morgan fingerprint density at radius 2 is 1.91 bits per heavy atom. The second-order valence-electron chi connectivity index (χ2n) is 6.67. The molecule has 0 saturated heterocycles. The topological polar surface area (TPSA) is 143 Å². The van der Waals surface area contributed by atoms with E-state index in [1.807, 2.05) is 0 Å². The summed E-state index contributed by atoms with van der Waals surface area (Å²) in [4.78, 5) is 24.0. The van der Waals surface area contributed by atoms with Gasteiger partial charge in [0.2, 0.25) is 0 Å². The maximum absolute atomic E-state index is 11.2. The number of aliphatic carboxylic acids is 1. The average Bonchev–Trinajstić information content (AvgIpc) is 2.42. The van der Waals surface area contributed by atoms with Gasteiger partial charge in [-0.2, -0.15) is 0 Å². The molecule has 0 aliphatic heterocycles. The largest absolute Gasteiger partial charge is 0.550 e. The first-order chi connectivity index (χ1) is 10.7. The predicted molar refractivity (Wildman–Crippen MR) is 82.8 cm³/mol. The van der Waals surface area contributed by atoms with Gasteiger partial charge in [-0.25, -0.2) is 0 Å². The summed E-state index contributed by atoms with van der Waals surface area (Å²) in [5.41, 5.74) is 11.5. The van der Waals surface area contributed by atoms with Crippen molar-refractivity contribution in [3.8, 4) is 0 Å². The van der Waals surface area contributed by atoms with Crippen LogP contribution >= 0.6 is 0 Å². The number of carboxylic acids is 1. The highest BCUT2D eigenvalue weighted by atomic mass is 16.6.